The van der Waals surface area contributed by atoms with Gasteiger partial charge in [-0.15, -0.1) is 11.3 Å². The maximum atomic E-state index is 12.7. The molecule has 9 heteroatoms. The molecule has 8 nitrogen and oxygen atoms in total. The Hall–Kier alpha value is -2.52. The topological polar surface area (TPSA) is 87.7 Å². The molecule has 1 aliphatic heterocycles. The zero-order chi connectivity index (χ0) is 21.1. The first-order valence-electron chi connectivity index (χ1n) is 10.3. The maximum Gasteiger partial charge on any atom is 0.341 e. The first-order valence-corrected chi connectivity index (χ1v) is 11.1. The number of nitrogens with one attached hydrogen (secondary N) is 1. The number of rotatable bonds is 5. The van der Waals surface area contributed by atoms with Gasteiger partial charge in [-0.1, -0.05) is 6.92 Å². The number of hydrogen-bond donors (Lipinski definition) is 1. The van der Waals surface area contributed by atoms with Crippen molar-refractivity contribution >= 4 is 34.2 Å². The second-order valence-electron chi connectivity index (χ2n) is 7.91. The lowest BCUT2D eigenvalue weighted by atomic mass is 9.88. The average Bonchev–Trinajstić information content (AvgIpc) is 3.10. The first-order chi connectivity index (χ1) is 14.5. The average molecular weight is 430 g/mol. The molecule has 1 aliphatic carbocycles. The molecule has 1 fully saturated rings. The Morgan fingerprint density at radius 3 is 2.67 bits per heavy atom. The number of piperazine rings is 1. The molecule has 1 saturated heterocycles. The number of esters is 1. The van der Waals surface area contributed by atoms with Crippen molar-refractivity contribution in [1.82, 2.24) is 14.9 Å². The Labute approximate surface area is 180 Å². The Bertz CT molecular complexity index is 909. The van der Waals surface area contributed by atoms with Crippen molar-refractivity contribution in [3.05, 3.63) is 34.5 Å². The number of carbonyl (C=O) groups is 2. The van der Waals surface area contributed by atoms with E-state index in [1.807, 2.05) is 0 Å². The fraction of sp³-hybridized carbons (Fsp3) is 0.524. The van der Waals surface area contributed by atoms with Crippen LogP contribution in [0.3, 0.4) is 0 Å². The summed E-state index contributed by atoms with van der Waals surface area (Å²) in [5.74, 6) is 0.850. The highest BCUT2D eigenvalue weighted by molar-refractivity contribution is 7.17. The highest BCUT2D eigenvalue weighted by Gasteiger charge is 2.29. The van der Waals surface area contributed by atoms with Gasteiger partial charge in [0.05, 0.1) is 19.2 Å². The minimum atomic E-state index is -0.367. The summed E-state index contributed by atoms with van der Waals surface area (Å²) >= 11 is 1.52. The molecule has 1 unspecified atom stereocenters. The number of carbonyl (C=O) groups excluding carboxylic acids is 2. The summed E-state index contributed by atoms with van der Waals surface area (Å²) in [6.45, 7) is 5.58. The molecule has 0 radical (unpaired) electrons. The van der Waals surface area contributed by atoms with E-state index in [0.29, 0.717) is 23.0 Å². The van der Waals surface area contributed by atoms with Gasteiger partial charge >= 0.3 is 5.97 Å². The molecule has 1 amide bonds. The molecule has 3 heterocycles. The predicted octanol–water partition coefficient (Wildman–Crippen LogP) is 2.21. The third-order valence-electron chi connectivity index (χ3n) is 5.73. The quantitative estimate of drug-likeness (QED) is 0.729. The summed E-state index contributed by atoms with van der Waals surface area (Å²) in [7, 11) is 1.39. The van der Waals surface area contributed by atoms with Gasteiger partial charge in [0.25, 0.3) is 0 Å². The van der Waals surface area contributed by atoms with Crippen LogP contribution in [0.15, 0.2) is 18.5 Å². The van der Waals surface area contributed by atoms with E-state index >= 15 is 0 Å². The SMILES string of the molecule is COC(=O)c1c(NC(=O)CN2CCN(c3ncccn3)CC2)sc2c1CCC(C)C2. The lowest BCUT2D eigenvalue weighted by molar-refractivity contribution is -0.117. The molecule has 0 saturated carbocycles. The van der Waals surface area contributed by atoms with Crippen LogP contribution >= 0.6 is 11.3 Å². The van der Waals surface area contributed by atoms with E-state index in [2.05, 4.69) is 32.0 Å². The fourth-order valence-corrected chi connectivity index (χ4v) is 5.50. The Kier molecular flexibility index (Phi) is 6.29. The van der Waals surface area contributed by atoms with E-state index in [-0.39, 0.29) is 11.9 Å². The molecule has 4 rings (SSSR count). The van der Waals surface area contributed by atoms with Crippen molar-refractivity contribution in [3.8, 4) is 0 Å². The van der Waals surface area contributed by atoms with E-state index in [4.69, 9.17) is 4.74 Å². The number of hydrogen-bond acceptors (Lipinski definition) is 8. The van der Waals surface area contributed by atoms with Gasteiger partial charge in [-0.3, -0.25) is 9.69 Å². The number of amides is 1. The van der Waals surface area contributed by atoms with Crippen LogP contribution in [0, 0.1) is 5.92 Å². The molecule has 1 N–H and O–H groups in total. The third-order valence-corrected chi connectivity index (χ3v) is 6.90. The molecule has 30 heavy (non-hydrogen) atoms. The molecule has 2 aromatic heterocycles. The summed E-state index contributed by atoms with van der Waals surface area (Å²) in [6, 6.07) is 1.80. The van der Waals surface area contributed by atoms with E-state index in [1.54, 1.807) is 18.5 Å². The van der Waals surface area contributed by atoms with Crippen molar-refractivity contribution < 1.29 is 14.3 Å². The standard InChI is InChI=1S/C21H27N5O3S/c1-14-4-5-15-16(12-14)30-19(18(15)20(28)29-2)24-17(27)13-25-8-10-26(11-9-25)21-22-6-3-7-23-21/h3,6-7,14H,4-5,8-13H2,1-2H3,(H,24,27). The zero-order valence-corrected chi connectivity index (χ0v) is 18.2. The number of methoxy groups -OCH3 is 1. The van der Waals surface area contributed by atoms with Gasteiger partial charge in [-0.25, -0.2) is 14.8 Å². The molecule has 0 spiro atoms. The molecule has 0 aromatic carbocycles. The molecule has 1 atom stereocenters. The lowest BCUT2D eigenvalue weighted by Gasteiger charge is -2.34. The molecule has 2 aliphatic rings. The van der Waals surface area contributed by atoms with E-state index in [1.165, 1.54) is 23.3 Å². The molecule has 0 bridgehead atoms. The molecule has 2 aromatic rings. The zero-order valence-electron chi connectivity index (χ0n) is 17.4. The van der Waals surface area contributed by atoms with E-state index in [9.17, 15) is 9.59 Å². The van der Waals surface area contributed by atoms with Crippen LogP contribution in [0.5, 0.6) is 0 Å². The minimum Gasteiger partial charge on any atom is -0.465 e. The van der Waals surface area contributed by atoms with E-state index < -0.39 is 0 Å². The summed E-state index contributed by atoms with van der Waals surface area (Å²) in [5.41, 5.74) is 1.60. The van der Waals surface area contributed by atoms with Crippen LogP contribution in [-0.2, 0) is 22.4 Å². The van der Waals surface area contributed by atoms with E-state index in [0.717, 1.165) is 57.0 Å². The van der Waals surface area contributed by atoms with Gasteiger partial charge in [-0.2, -0.15) is 0 Å². The van der Waals surface area contributed by atoms with Crippen LogP contribution in [0.2, 0.25) is 0 Å². The van der Waals surface area contributed by atoms with Gasteiger partial charge in [0, 0.05) is 43.4 Å². The van der Waals surface area contributed by atoms with Gasteiger partial charge in [0.15, 0.2) is 0 Å². The summed E-state index contributed by atoms with van der Waals surface area (Å²) in [5, 5.41) is 3.61. The number of ether oxygens (including phenoxy) is 1. The lowest BCUT2D eigenvalue weighted by Crippen LogP contribution is -2.49. The van der Waals surface area contributed by atoms with Crippen LogP contribution in [0.1, 0.15) is 34.1 Å². The smallest absolute Gasteiger partial charge is 0.341 e. The number of anilines is 2. The van der Waals surface area contributed by atoms with Crippen LogP contribution in [-0.4, -0.2) is 66.6 Å². The Balaban J connectivity index is 1.38. The number of thiophene rings is 1. The van der Waals surface area contributed by atoms with Crippen molar-refractivity contribution in [2.45, 2.75) is 26.2 Å². The van der Waals surface area contributed by atoms with Crippen molar-refractivity contribution in [2.75, 3.05) is 50.1 Å². The summed E-state index contributed by atoms with van der Waals surface area (Å²) in [6.07, 6.45) is 6.33. The third kappa shape index (κ3) is 4.46. The van der Waals surface area contributed by atoms with Crippen LogP contribution in [0.4, 0.5) is 10.9 Å². The minimum absolute atomic E-state index is 0.101. The Morgan fingerprint density at radius 2 is 1.97 bits per heavy atom. The van der Waals surface area contributed by atoms with Crippen molar-refractivity contribution in [1.29, 1.82) is 0 Å². The number of aromatic nitrogens is 2. The maximum absolute atomic E-state index is 12.7. The van der Waals surface area contributed by atoms with Crippen molar-refractivity contribution in [3.63, 3.8) is 0 Å². The first kappa shape index (κ1) is 20.7. The summed E-state index contributed by atoms with van der Waals surface area (Å²) in [4.78, 5) is 39.1. The monoisotopic (exact) mass is 429 g/mol. The number of nitrogens with zero attached hydrogens (tertiary/aromatic N) is 4. The van der Waals surface area contributed by atoms with Crippen molar-refractivity contribution in [2.24, 2.45) is 5.92 Å². The highest BCUT2D eigenvalue weighted by atomic mass is 32.1. The Morgan fingerprint density at radius 1 is 1.23 bits per heavy atom. The molecular formula is C21H27N5O3S. The summed E-state index contributed by atoms with van der Waals surface area (Å²) < 4.78 is 5.00. The second kappa shape index (κ2) is 9.09. The predicted molar refractivity (Wildman–Crippen MR) is 116 cm³/mol. The molecular weight excluding hydrogens is 402 g/mol. The van der Waals surface area contributed by atoms with Gasteiger partial charge < -0.3 is 15.0 Å². The number of fused-ring (bicyclic) bond motifs is 1. The highest BCUT2D eigenvalue weighted by Crippen LogP contribution is 2.40. The van der Waals surface area contributed by atoms with Crippen LogP contribution in [0.25, 0.3) is 0 Å². The fourth-order valence-electron chi connectivity index (χ4n) is 4.09. The van der Waals surface area contributed by atoms with Crippen LogP contribution < -0.4 is 10.2 Å². The largest absolute Gasteiger partial charge is 0.465 e. The van der Waals surface area contributed by atoms with Gasteiger partial charge in [0.2, 0.25) is 11.9 Å². The molecule has 160 valence electrons. The van der Waals surface area contributed by atoms with Gasteiger partial charge in [0.1, 0.15) is 5.00 Å². The normalized spacial score (nSPS) is 19.3. The van der Waals surface area contributed by atoms with Gasteiger partial charge in [-0.05, 0) is 36.8 Å². The second-order valence-corrected chi connectivity index (χ2v) is 9.01.